The summed E-state index contributed by atoms with van der Waals surface area (Å²) in [6, 6.07) is 0. The average Bonchev–Trinajstić information content (AvgIpc) is 2.66. The molecule has 0 aromatic carbocycles. The van der Waals surface area contributed by atoms with Crippen LogP contribution in [0.25, 0.3) is 0 Å². The van der Waals surface area contributed by atoms with Crippen LogP contribution < -0.4 is 10.2 Å². The van der Waals surface area contributed by atoms with Gasteiger partial charge in [0.15, 0.2) is 0 Å². The second-order valence-electron chi connectivity index (χ2n) is 7.66. The molecule has 156 valence electrons. The molecule has 0 saturated heterocycles. The number of ether oxygens (including phenoxy) is 1. The summed E-state index contributed by atoms with van der Waals surface area (Å²) in [6.45, 7) is 15.1. The van der Waals surface area contributed by atoms with Gasteiger partial charge in [0, 0.05) is 19.5 Å². The summed E-state index contributed by atoms with van der Waals surface area (Å²) in [5.41, 5.74) is 0. The molecule has 0 rings (SSSR count). The van der Waals surface area contributed by atoms with Crippen LogP contribution in [0.4, 0.5) is 0 Å². The van der Waals surface area contributed by atoms with E-state index in [-0.39, 0.29) is 5.97 Å². The van der Waals surface area contributed by atoms with E-state index in [1.807, 2.05) is 0 Å². The zero-order valence-electron chi connectivity index (χ0n) is 18.2. The lowest BCUT2D eigenvalue weighted by molar-refractivity contribution is -0.900. The van der Waals surface area contributed by atoms with E-state index >= 15 is 0 Å². The first-order chi connectivity index (χ1) is 12.7. The average molecular weight is 372 g/mol. The Labute approximate surface area is 163 Å². The molecular formula is C22H47N2O2+. The second kappa shape index (κ2) is 19.2. The standard InChI is InChI=1S/C22H46N2O2/c1-5-9-13-21(8-4)20-26-22(25)14-16-23-15-12-19-24(17-10-6-2)18-11-7-3/h21,23H,5-20H2,1-4H3/p+1. The van der Waals surface area contributed by atoms with Crippen LogP contribution >= 0.6 is 0 Å². The van der Waals surface area contributed by atoms with Crippen molar-refractivity contribution in [1.29, 1.82) is 0 Å². The van der Waals surface area contributed by atoms with Crippen LogP contribution in [-0.2, 0) is 9.53 Å². The molecule has 0 fully saturated rings. The molecule has 1 unspecified atom stereocenters. The SMILES string of the molecule is CCCCC(CC)COC(=O)CCNCCC[NH+](CCCC)CCCC. The zero-order chi connectivity index (χ0) is 19.5. The number of rotatable bonds is 19. The Morgan fingerprint density at radius 2 is 1.50 bits per heavy atom. The van der Waals surface area contributed by atoms with Gasteiger partial charge in [-0.1, -0.05) is 59.8 Å². The van der Waals surface area contributed by atoms with Crippen LogP contribution in [0.1, 0.15) is 91.9 Å². The Hall–Kier alpha value is -0.610. The normalized spacial score (nSPS) is 12.5. The predicted octanol–water partition coefficient (Wildman–Crippen LogP) is 3.60. The first-order valence-corrected chi connectivity index (χ1v) is 11.4. The molecule has 0 aliphatic carbocycles. The van der Waals surface area contributed by atoms with E-state index in [0.29, 0.717) is 18.9 Å². The van der Waals surface area contributed by atoms with Crippen LogP contribution in [0.15, 0.2) is 0 Å². The maximum atomic E-state index is 11.8. The fraction of sp³-hybridized carbons (Fsp3) is 0.955. The highest BCUT2D eigenvalue weighted by Crippen LogP contribution is 2.12. The second-order valence-corrected chi connectivity index (χ2v) is 7.66. The van der Waals surface area contributed by atoms with Crippen molar-refractivity contribution in [2.24, 2.45) is 5.92 Å². The first-order valence-electron chi connectivity index (χ1n) is 11.4. The third kappa shape index (κ3) is 15.6. The molecule has 0 spiro atoms. The number of esters is 1. The van der Waals surface area contributed by atoms with Gasteiger partial charge >= 0.3 is 5.97 Å². The summed E-state index contributed by atoms with van der Waals surface area (Å²) >= 11 is 0. The minimum atomic E-state index is -0.0504. The van der Waals surface area contributed by atoms with Gasteiger partial charge in [0.1, 0.15) is 0 Å². The molecule has 0 heterocycles. The maximum absolute atomic E-state index is 11.8. The Balaban J connectivity index is 3.68. The van der Waals surface area contributed by atoms with E-state index in [0.717, 1.165) is 19.5 Å². The minimum Gasteiger partial charge on any atom is -0.465 e. The molecule has 0 saturated carbocycles. The molecular weight excluding hydrogens is 324 g/mol. The molecule has 1 atom stereocenters. The third-order valence-electron chi connectivity index (χ3n) is 5.18. The number of hydrogen-bond acceptors (Lipinski definition) is 3. The molecule has 0 radical (unpaired) electrons. The number of unbranched alkanes of at least 4 members (excludes halogenated alkanes) is 3. The molecule has 0 aromatic heterocycles. The predicted molar refractivity (Wildman–Crippen MR) is 112 cm³/mol. The van der Waals surface area contributed by atoms with Crippen molar-refractivity contribution in [3.63, 3.8) is 0 Å². The van der Waals surface area contributed by atoms with Crippen LogP contribution in [0, 0.1) is 5.92 Å². The van der Waals surface area contributed by atoms with E-state index in [9.17, 15) is 4.79 Å². The van der Waals surface area contributed by atoms with Gasteiger partial charge < -0.3 is 15.0 Å². The van der Waals surface area contributed by atoms with E-state index in [1.165, 1.54) is 71.0 Å². The summed E-state index contributed by atoms with van der Waals surface area (Å²) in [4.78, 5) is 13.6. The summed E-state index contributed by atoms with van der Waals surface area (Å²) < 4.78 is 5.44. The molecule has 2 N–H and O–H groups in total. The lowest BCUT2D eigenvalue weighted by atomic mass is 10.0. The summed E-state index contributed by atoms with van der Waals surface area (Å²) in [6.07, 6.45) is 11.6. The van der Waals surface area contributed by atoms with E-state index in [4.69, 9.17) is 4.74 Å². The molecule has 0 aromatic rings. The zero-order valence-corrected chi connectivity index (χ0v) is 18.2. The lowest BCUT2D eigenvalue weighted by Crippen LogP contribution is -3.12. The van der Waals surface area contributed by atoms with Crippen molar-refractivity contribution < 1.29 is 14.4 Å². The first kappa shape index (κ1) is 25.4. The van der Waals surface area contributed by atoms with Crippen LogP contribution in [-0.4, -0.2) is 45.3 Å². The Bertz CT molecular complexity index is 303. The number of carbonyl (C=O) groups is 1. The van der Waals surface area contributed by atoms with Crippen molar-refractivity contribution in [3.05, 3.63) is 0 Å². The van der Waals surface area contributed by atoms with Gasteiger partial charge in [0.2, 0.25) is 0 Å². The minimum absolute atomic E-state index is 0.0504. The van der Waals surface area contributed by atoms with Crippen LogP contribution in [0.5, 0.6) is 0 Å². The molecule has 4 nitrogen and oxygen atoms in total. The molecule has 0 aliphatic rings. The lowest BCUT2D eigenvalue weighted by Gasteiger charge is -2.19. The number of quaternary nitrogens is 1. The van der Waals surface area contributed by atoms with Crippen LogP contribution in [0.2, 0.25) is 0 Å². The van der Waals surface area contributed by atoms with Crippen molar-refractivity contribution in [3.8, 4) is 0 Å². The number of carbonyl (C=O) groups excluding carboxylic acids is 1. The highest BCUT2D eigenvalue weighted by atomic mass is 16.5. The third-order valence-corrected chi connectivity index (χ3v) is 5.18. The Morgan fingerprint density at radius 1 is 0.885 bits per heavy atom. The van der Waals surface area contributed by atoms with Gasteiger partial charge in [-0.15, -0.1) is 0 Å². The van der Waals surface area contributed by atoms with Crippen molar-refractivity contribution >= 4 is 5.97 Å². The number of hydrogen-bond donors (Lipinski definition) is 2. The van der Waals surface area contributed by atoms with E-state index < -0.39 is 0 Å². The van der Waals surface area contributed by atoms with Gasteiger partial charge in [-0.3, -0.25) is 4.79 Å². The molecule has 0 amide bonds. The van der Waals surface area contributed by atoms with Crippen molar-refractivity contribution in [2.75, 3.05) is 39.3 Å². The highest BCUT2D eigenvalue weighted by molar-refractivity contribution is 5.69. The Morgan fingerprint density at radius 3 is 2.08 bits per heavy atom. The van der Waals surface area contributed by atoms with Gasteiger partial charge in [0.05, 0.1) is 32.7 Å². The topological polar surface area (TPSA) is 42.8 Å². The van der Waals surface area contributed by atoms with E-state index in [1.54, 1.807) is 4.90 Å². The van der Waals surface area contributed by atoms with Gasteiger partial charge in [-0.05, 0) is 25.2 Å². The molecule has 26 heavy (non-hydrogen) atoms. The van der Waals surface area contributed by atoms with Gasteiger partial charge in [-0.25, -0.2) is 0 Å². The maximum Gasteiger partial charge on any atom is 0.307 e. The fourth-order valence-corrected chi connectivity index (χ4v) is 3.19. The smallest absolute Gasteiger partial charge is 0.307 e. The molecule has 4 heteroatoms. The van der Waals surface area contributed by atoms with Crippen molar-refractivity contribution in [2.45, 2.75) is 91.9 Å². The van der Waals surface area contributed by atoms with Crippen molar-refractivity contribution in [1.82, 2.24) is 5.32 Å². The van der Waals surface area contributed by atoms with Crippen LogP contribution in [0.3, 0.4) is 0 Å². The Kier molecular flexibility index (Phi) is 18.7. The van der Waals surface area contributed by atoms with Gasteiger partial charge in [0.25, 0.3) is 0 Å². The summed E-state index contributed by atoms with van der Waals surface area (Å²) in [7, 11) is 0. The monoisotopic (exact) mass is 371 g/mol. The molecule has 0 bridgehead atoms. The number of nitrogens with one attached hydrogen (secondary N) is 2. The molecule has 0 aliphatic heterocycles. The summed E-state index contributed by atoms with van der Waals surface area (Å²) in [5, 5.41) is 3.41. The fourth-order valence-electron chi connectivity index (χ4n) is 3.19. The highest BCUT2D eigenvalue weighted by Gasteiger charge is 2.10. The van der Waals surface area contributed by atoms with E-state index in [2.05, 4.69) is 33.0 Å². The quantitative estimate of drug-likeness (QED) is 0.269. The largest absolute Gasteiger partial charge is 0.465 e. The summed E-state index contributed by atoms with van der Waals surface area (Å²) in [5.74, 6) is 0.484. The van der Waals surface area contributed by atoms with Gasteiger partial charge in [-0.2, -0.15) is 0 Å².